The van der Waals surface area contributed by atoms with Crippen molar-refractivity contribution in [2.45, 2.75) is 32.4 Å². The van der Waals surface area contributed by atoms with Crippen molar-refractivity contribution in [3.05, 3.63) is 41.5 Å². The molecule has 106 valence electrons. The summed E-state index contributed by atoms with van der Waals surface area (Å²) in [4.78, 5) is 6.84. The lowest BCUT2D eigenvalue weighted by Gasteiger charge is -2.24. The van der Waals surface area contributed by atoms with Crippen molar-refractivity contribution in [1.29, 1.82) is 0 Å². The number of benzene rings is 1. The molecule has 1 aromatic heterocycles. The minimum absolute atomic E-state index is 0.393. The number of aromatic nitrogens is 3. The van der Waals surface area contributed by atoms with Gasteiger partial charge in [-0.1, -0.05) is 18.2 Å². The lowest BCUT2D eigenvalue weighted by molar-refractivity contribution is 0.237. The number of aromatic amines is 1. The molecule has 2 aromatic rings. The van der Waals surface area contributed by atoms with E-state index in [2.05, 4.69) is 32.2 Å². The third-order valence-electron chi connectivity index (χ3n) is 3.85. The lowest BCUT2D eigenvalue weighted by Crippen LogP contribution is -2.23. The molecule has 0 spiro atoms. The molecule has 5 nitrogen and oxygen atoms in total. The van der Waals surface area contributed by atoms with Gasteiger partial charge in [0, 0.05) is 11.6 Å². The second-order valence-electron chi connectivity index (χ2n) is 5.21. The van der Waals surface area contributed by atoms with Crippen molar-refractivity contribution < 1.29 is 4.74 Å². The summed E-state index contributed by atoms with van der Waals surface area (Å²) in [6.07, 6.45) is 2.36. The summed E-state index contributed by atoms with van der Waals surface area (Å²) >= 11 is 0. The smallest absolute Gasteiger partial charge is 0.164 e. The maximum Gasteiger partial charge on any atom is 0.164 e. The van der Waals surface area contributed by atoms with Gasteiger partial charge in [-0.25, -0.2) is 4.98 Å². The van der Waals surface area contributed by atoms with E-state index in [1.807, 2.05) is 19.1 Å². The number of hydrogen-bond donors (Lipinski definition) is 1. The largest absolute Gasteiger partial charge is 0.496 e. The number of nitrogens with zero attached hydrogens (tertiary/aromatic N) is 3. The van der Waals surface area contributed by atoms with Crippen LogP contribution in [0.2, 0.25) is 0 Å². The first kappa shape index (κ1) is 13.1. The molecule has 0 aliphatic carbocycles. The summed E-state index contributed by atoms with van der Waals surface area (Å²) in [6, 6.07) is 8.67. The van der Waals surface area contributed by atoms with Gasteiger partial charge in [0.25, 0.3) is 0 Å². The van der Waals surface area contributed by atoms with E-state index < -0.39 is 0 Å². The van der Waals surface area contributed by atoms with Crippen molar-refractivity contribution in [3.8, 4) is 5.75 Å². The second kappa shape index (κ2) is 5.63. The van der Waals surface area contributed by atoms with Crippen molar-refractivity contribution in [1.82, 2.24) is 20.1 Å². The fourth-order valence-corrected chi connectivity index (χ4v) is 2.95. The molecule has 2 heterocycles. The number of nitrogens with one attached hydrogen (secondary N) is 1. The minimum atomic E-state index is 0.393. The highest BCUT2D eigenvalue weighted by atomic mass is 16.5. The Bertz CT molecular complexity index is 581. The van der Waals surface area contributed by atoms with Crippen LogP contribution < -0.4 is 4.74 Å². The maximum atomic E-state index is 5.50. The zero-order valence-corrected chi connectivity index (χ0v) is 12.0. The van der Waals surface area contributed by atoms with E-state index in [0.29, 0.717) is 6.04 Å². The van der Waals surface area contributed by atoms with Crippen LogP contribution in [0.5, 0.6) is 5.75 Å². The number of hydrogen-bond acceptors (Lipinski definition) is 4. The summed E-state index contributed by atoms with van der Waals surface area (Å²) in [7, 11) is 1.73. The summed E-state index contributed by atoms with van der Waals surface area (Å²) in [6.45, 7) is 3.79. The Morgan fingerprint density at radius 1 is 1.40 bits per heavy atom. The molecule has 1 aliphatic heterocycles. The quantitative estimate of drug-likeness (QED) is 0.929. The Kier molecular flexibility index (Phi) is 3.69. The average Bonchev–Trinajstić information content (AvgIpc) is 3.08. The average molecular weight is 272 g/mol. The van der Waals surface area contributed by atoms with Gasteiger partial charge in [0.15, 0.2) is 5.82 Å². The summed E-state index contributed by atoms with van der Waals surface area (Å²) < 4.78 is 5.50. The zero-order chi connectivity index (χ0) is 13.9. The van der Waals surface area contributed by atoms with Crippen LogP contribution in [0.1, 0.15) is 36.1 Å². The Hall–Kier alpha value is -1.88. The number of likely N-dealkylation sites (tertiary alicyclic amines) is 1. The molecule has 1 fully saturated rings. The van der Waals surface area contributed by atoms with Gasteiger partial charge >= 0.3 is 0 Å². The predicted molar refractivity (Wildman–Crippen MR) is 76.5 cm³/mol. The van der Waals surface area contributed by atoms with Gasteiger partial charge in [-0.05, 0) is 32.4 Å². The van der Waals surface area contributed by atoms with E-state index in [1.54, 1.807) is 7.11 Å². The van der Waals surface area contributed by atoms with E-state index in [9.17, 15) is 0 Å². The zero-order valence-electron chi connectivity index (χ0n) is 12.0. The van der Waals surface area contributed by atoms with Gasteiger partial charge < -0.3 is 4.74 Å². The van der Waals surface area contributed by atoms with Crippen molar-refractivity contribution in [2.75, 3.05) is 13.7 Å². The first-order chi connectivity index (χ1) is 9.78. The maximum absolute atomic E-state index is 5.50. The Morgan fingerprint density at radius 3 is 3.00 bits per heavy atom. The molecule has 1 aromatic carbocycles. The molecule has 1 aliphatic rings. The van der Waals surface area contributed by atoms with Gasteiger partial charge in [0.2, 0.25) is 0 Å². The van der Waals surface area contributed by atoms with Gasteiger partial charge in [-0.2, -0.15) is 5.10 Å². The molecule has 5 heteroatoms. The molecular formula is C15H20N4O. The summed E-state index contributed by atoms with van der Waals surface area (Å²) in [5.74, 6) is 2.70. The van der Waals surface area contributed by atoms with E-state index in [1.165, 1.54) is 12.0 Å². The molecule has 0 radical (unpaired) electrons. The summed E-state index contributed by atoms with van der Waals surface area (Å²) in [5, 5.41) is 7.15. The topological polar surface area (TPSA) is 54.0 Å². The Labute approximate surface area is 119 Å². The summed E-state index contributed by atoms with van der Waals surface area (Å²) in [5.41, 5.74) is 1.26. The van der Waals surface area contributed by atoms with Crippen LogP contribution in [-0.4, -0.2) is 33.7 Å². The predicted octanol–water partition coefficient (Wildman–Crippen LogP) is 2.46. The Balaban J connectivity index is 1.81. The molecule has 0 unspecified atom stereocenters. The van der Waals surface area contributed by atoms with Crippen LogP contribution in [0.3, 0.4) is 0 Å². The minimum Gasteiger partial charge on any atom is -0.496 e. The number of rotatable bonds is 4. The van der Waals surface area contributed by atoms with Crippen LogP contribution in [-0.2, 0) is 6.54 Å². The van der Waals surface area contributed by atoms with E-state index in [4.69, 9.17) is 4.74 Å². The van der Waals surface area contributed by atoms with Crippen LogP contribution in [0.4, 0.5) is 0 Å². The van der Waals surface area contributed by atoms with E-state index in [0.717, 1.165) is 36.9 Å². The van der Waals surface area contributed by atoms with Gasteiger partial charge in [0.1, 0.15) is 11.6 Å². The molecule has 0 bridgehead atoms. The van der Waals surface area contributed by atoms with E-state index >= 15 is 0 Å². The number of para-hydroxylation sites is 1. The van der Waals surface area contributed by atoms with Crippen LogP contribution in [0, 0.1) is 6.92 Å². The second-order valence-corrected chi connectivity index (χ2v) is 5.21. The van der Waals surface area contributed by atoms with Gasteiger partial charge in [-0.15, -0.1) is 0 Å². The highest BCUT2D eigenvalue weighted by Crippen LogP contribution is 2.37. The van der Waals surface area contributed by atoms with Crippen molar-refractivity contribution >= 4 is 0 Å². The normalized spacial score (nSPS) is 19.4. The van der Waals surface area contributed by atoms with E-state index in [-0.39, 0.29) is 0 Å². The SMILES string of the molecule is COc1ccccc1[C@@H]1CCCN1Cc1n[nH]c(C)n1. The molecule has 0 amide bonds. The Morgan fingerprint density at radius 2 is 2.25 bits per heavy atom. The third kappa shape index (κ3) is 2.54. The van der Waals surface area contributed by atoms with Crippen molar-refractivity contribution in [2.24, 2.45) is 0 Å². The van der Waals surface area contributed by atoms with Crippen LogP contribution in [0.25, 0.3) is 0 Å². The third-order valence-corrected chi connectivity index (χ3v) is 3.85. The molecule has 1 atom stereocenters. The lowest BCUT2D eigenvalue weighted by atomic mass is 10.0. The molecule has 3 rings (SSSR count). The molecule has 1 saturated heterocycles. The van der Waals surface area contributed by atoms with Gasteiger partial charge in [0.05, 0.1) is 13.7 Å². The number of H-pyrrole nitrogens is 1. The van der Waals surface area contributed by atoms with Crippen molar-refractivity contribution in [3.63, 3.8) is 0 Å². The molecule has 0 saturated carbocycles. The molecule has 1 N–H and O–H groups in total. The van der Waals surface area contributed by atoms with Crippen LogP contribution >= 0.6 is 0 Å². The van der Waals surface area contributed by atoms with Crippen LogP contribution in [0.15, 0.2) is 24.3 Å². The molecule has 20 heavy (non-hydrogen) atoms. The molecular weight excluding hydrogens is 252 g/mol. The monoisotopic (exact) mass is 272 g/mol. The fourth-order valence-electron chi connectivity index (χ4n) is 2.95. The highest BCUT2D eigenvalue weighted by molar-refractivity contribution is 5.36. The number of aryl methyl sites for hydroxylation is 1. The standard InChI is InChI=1S/C15H20N4O/c1-11-16-15(18-17-11)10-19-9-5-7-13(19)12-6-3-4-8-14(12)20-2/h3-4,6,8,13H,5,7,9-10H2,1-2H3,(H,16,17,18)/t13-/m0/s1. The number of ether oxygens (including phenoxy) is 1. The highest BCUT2D eigenvalue weighted by Gasteiger charge is 2.28. The fraction of sp³-hybridized carbons (Fsp3) is 0.467. The first-order valence-electron chi connectivity index (χ1n) is 7.03. The number of methoxy groups -OCH3 is 1. The first-order valence-corrected chi connectivity index (χ1v) is 7.03. The van der Waals surface area contributed by atoms with Gasteiger partial charge in [-0.3, -0.25) is 10.00 Å².